The van der Waals surface area contributed by atoms with E-state index in [0.29, 0.717) is 16.0 Å². The van der Waals surface area contributed by atoms with Gasteiger partial charge in [-0.15, -0.1) is 11.3 Å². The molecule has 2 aromatic heterocycles. The lowest BCUT2D eigenvalue weighted by molar-refractivity contribution is 0.0290. The fraction of sp³-hybridized carbons (Fsp3) is 0.625. The van der Waals surface area contributed by atoms with Gasteiger partial charge in [0.05, 0.1) is 6.10 Å². The molecular weight excluding hydrogens is 362 g/mol. The molecule has 136 valence electrons. The van der Waals surface area contributed by atoms with E-state index in [-0.39, 0.29) is 18.8 Å². The van der Waals surface area contributed by atoms with E-state index in [4.69, 9.17) is 9.26 Å². The van der Waals surface area contributed by atoms with E-state index in [1.807, 2.05) is 13.8 Å². The van der Waals surface area contributed by atoms with Crippen molar-refractivity contribution in [2.75, 3.05) is 6.54 Å². The Morgan fingerprint density at radius 3 is 2.76 bits per heavy atom. The van der Waals surface area contributed by atoms with Crippen LogP contribution in [0.5, 0.6) is 0 Å². The molecule has 4 rings (SSSR count). The molecule has 1 N–H and O–H groups in total. The predicted molar refractivity (Wildman–Crippen MR) is 92.1 cm³/mol. The van der Waals surface area contributed by atoms with Gasteiger partial charge in [-0.1, -0.05) is 5.16 Å². The third-order valence-corrected chi connectivity index (χ3v) is 7.74. The normalized spacial score (nSPS) is 24.1. The number of ether oxygens (including phenoxy) is 1. The molecule has 0 radical (unpaired) electrons. The van der Waals surface area contributed by atoms with Crippen molar-refractivity contribution in [3.8, 4) is 0 Å². The van der Waals surface area contributed by atoms with Gasteiger partial charge in [0, 0.05) is 17.3 Å². The average molecular weight is 383 g/mol. The number of thiophene rings is 1. The van der Waals surface area contributed by atoms with Crippen LogP contribution < -0.4 is 4.72 Å². The van der Waals surface area contributed by atoms with Gasteiger partial charge in [0.15, 0.2) is 5.82 Å². The number of sulfonamides is 1. The molecule has 9 heteroatoms. The van der Waals surface area contributed by atoms with Crippen molar-refractivity contribution in [3.63, 3.8) is 0 Å². The van der Waals surface area contributed by atoms with Crippen LogP contribution in [0, 0.1) is 13.8 Å². The van der Waals surface area contributed by atoms with Crippen LogP contribution in [0.15, 0.2) is 14.8 Å². The quantitative estimate of drug-likeness (QED) is 0.824. The summed E-state index contributed by atoms with van der Waals surface area (Å²) in [6, 6.07) is 1.71. The monoisotopic (exact) mass is 383 g/mol. The topological polar surface area (TPSA) is 94.3 Å². The highest BCUT2D eigenvalue weighted by Gasteiger charge is 2.34. The summed E-state index contributed by atoms with van der Waals surface area (Å²) in [6.07, 6.45) is 3.35. The van der Waals surface area contributed by atoms with E-state index in [9.17, 15) is 8.42 Å². The van der Waals surface area contributed by atoms with E-state index in [1.54, 1.807) is 6.07 Å². The van der Waals surface area contributed by atoms with Crippen LogP contribution in [0.1, 0.15) is 59.9 Å². The number of nitrogens with one attached hydrogen (secondary N) is 1. The van der Waals surface area contributed by atoms with Gasteiger partial charge in [0.25, 0.3) is 5.89 Å². The Kier molecular flexibility index (Phi) is 4.43. The van der Waals surface area contributed by atoms with Crippen molar-refractivity contribution >= 4 is 21.4 Å². The van der Waals surface area contributed by atoms with Crippen LogP contribution in [-0.4, -0.2) is 31.2 Å². The minimum Gasteiger partial charge on any atom is -0.364 e. The van der Waals surface area contributed by atoms with E-state index in [2.05, 4.69) is 14.9 Å². The van der Waals surface area contributed by atoms with Crippen molar-refractivity contribution < 1.29 is 17.7 Å². The van der Waals surface area contributed by atoms with E-state index >= 15 is 0 Å². The molecule has 0 aromatic carbocycles. The predicted octanol–water partition coefficient (Wildman–Crippen LogP) is 2.82. The first-order valence-corrected chi connectivity index (χ1v) is 10.8. The summed E-state index contributed by atoms with van der Waals surface area (Å²) in [5.74, 6) is 1.72. The van der Waals surface area contributed by atoms with Gasteiger partial charge in [-0.25, -0.2) is 13.1 Å². The smallest absolute Gasteiger partial charge is 0.255 e. The lowest BCUT2D eigenvalue weighted by Crippen LogP contribution is -2.31. The average Bonchev–Trinajstić information content (AvgIpc) is 2.98. The van der Waals surface area contributed by atoms with Gasteiger partial charge in [-0.05, 0) is 51.2 Å². The summed E-state index contributed by atoms with van der Waals surface area (Å²) in [5, 5.41) is 4.01. The van der Waals surface area contributed by atoms with Crippen LogP contribution in [0.2, 0.25) is 0 Å². The second kappa shape index (κ2) is 6.46. The van der Waals surface area contributed by atoms with Gasteiger partial charge >= 0.3 is 0 Å². The molecule has 2 fully saturated rings. The van der Waals surface area contributed by atoms with Gasteiger partial charge in [0.1, 0.15) is 10.3 Å². The molecule has 3 heterocycles. The Balaban J connectivity index is 1.34. The maximum absolute atomic E-state index is 12.4. The molecule has 2 atom stereocenters. The molecule has 1 saturated carbocycles. The largest absolute Gasteiger partial charge is 0.364 e. The first-order chi connectivity index (χ1) is 11.9. The van der Waals surface area contributed by atoms with Crippen LogP contribution in [0.4, 0.5) is 0 Å². The Hall–Kier alpha value is -1.29. The van der Waals surface area contributed by atoms with Crippen LogP contribution in [0.3, 0.4) is 0 Å². The van der Waals surface area contributed by atoms with Gasteiger partial charge in [0.2, 0.25) is 10.0 Å². The number of aromatic nitrogens is 2. The molecule has 0 amide bonds. The van der Waals surface area contributed by atoms with Gasteiger partial charge in [-0.3, -0.25) is 0 Å². The van der Waals surface area contributed by atoms with Crippen molar-refractivity contribution in [2.45, 2.75) is 61.9 Å². The van der Waals surface area contributed by atoms with E-state index in [1.165, 1.54) is 11.3 Å². The van der Waals surface area contributed by atoms with Crippen LogP contribution >= 0.6 is 11.3 Å². The maximum Gasteiger partial charge on any atom is 0.255 e. The highest BCUT2D eigenvalue weighted by atomic mass is 32.2. The fourth-order valence-corrected chi connectivity index (χ4v) is 5.50. The highest BCUT2D eigenvalue weighted by Crippen LogP contribution is 2.39. The van der Waals surface area contributed by atoms with Crippen molar-refractivity contribution in [1.29, 1.82) is 0 Å². The Bertz CT molecular complexity index is 850. The van der Waals surface area contributed by atoms with Gasteiger partial charge < -0.3 is 9.26 Å². The Morgan fingerprint density at radius 2 is 2.08 bits per heavy atom. The summed E-state index contributed by atoms with van der Waals surface area (Å²) in [4.78, 5) is 5.43. The zero-order valence-corrected chi connectivity index (χ0v) is 15.8. The molecular formula is C16H21N3O4S2. The summed E-state index contributed by atoms with van der Waals surface area (Å²) in [7, 11) is -3.49. The molecule has 1 aliphatic heterocycles. The van der Waals surface area contributed by atoms with Gasteiger partial charge in [-0.2, -0.15) is 4.98 Å². The number of aryl methyl sites for hydroxylation is 2. The first-order valence-electron chi connectivity index (χ1n) is 8.48. The van der Waals surface area contributed by atoms with Crippen molar-refractivity contribution in [1.82, 2.24) is 14.9 Å². The lowest BCUT2D eigenvalue weighted by Gasteiger charge is -2.12. The molecule has 0 bridgehead atoms. The maximum atomic E-state index is 12.4. The molecule has 25 heavy (non-hydrogen) atoms. The molecule has 0 unspecified atom stereocenters. The molecule has 2 aliphatic rings. The third kappa shape index (κ3) is 3.64. The zero-order chi connectivity index (χ0) is 17.6. The minimum absolute atomic E-state index is 0.182. The number of rotatable bonds is 6. The van der Waals surface area contributed by atoms with Crippen LogP contribution in [0.25, 0.3) is 0 Å². The van der Waals surface area contributed by atoms with E-state index < -0.39 is 10.0 Å². The second-order valence-electron chi connectivity index (χ2n) is 6.75. The molecule has 2 aromatic rings. The van der Waals surface area contributed by atoms with Crippen LogP contribution in [-0.2, 0) is 14.8 Å². The molecule has 7 nitrogen and oxygen atoms in total. The second-order valence-corrected chi connectivity index (χ2v) is 10.00. The standard InChI is InChI=1S/C16H21N3O4S2/c1-9-7-14(24-10(9)2)25(20,21)17-8-12-5-6-13(22-12)16-18-15(19-23-16)11-3-4-11/h7,11-13,17H,3-6,8H2,1-2H3/t12-,13+/m1/s1. The SMILES string of the molecule is Cc1cc(S(=O)(=O)NC[C@H]2CC[C@@H](c3nc(C4CC4)no3)O2)sc1C. The Labute approximate surface area is 150 Å². The molecule has 1 aliphatic carbocycles. The summed E-state index contributed by atoms with van der Waals surface area (Å²) < 4.78 is 39.0. The zero-order valence-electron chi connectivity index (χ0n) is 14.2. The highest BCUT2D eigenvalue weighted by molar-refractivity contribution is 7.91. The Morgan fingerprint density at radius 1 is 1.28 bits per heavy atom. The fourth-order valence-electron chi connectivity index (χ4n) is 2.87. The third-order valence-electron chi connectivity index (χ3n) is 4.69. The van der Waals surface area contributed by atoms with E-state index in [0.717, 1.165) is 41.9 Å². The van der Waals surface area contributed by atoms with Crippen molar-refractivity contribution in [3.05, 3.63) is 28.2 Å². The summed E-state index contributed by atoms with van der Waals surface area (Å²) in [6.45, 7) is 4.08. The molecule has 0 spiro atoms. The number of hydrogen-bond donors (Lipinski definition) is 1. The summed E-state index contributed by atoms with van der Waals surface area (Å²) >= 11 is 1.29. The first kappa shape index (κ1) is 17.1. The lowest BCUT2D eigenvalue weighted by atomic mass is 10.2. The summed E-state index contributed by atoms with van der Waals surface area (Å²) in [5.41, 5.74) is 0.991. The minimum atomic E-state index is -3.49. The van der Waals surface area contributed by atoms with Crippen molar-refractivity contribution in [2.24, 2.45) is 0 Å². The number of nitrogens with zero attached hydrogens (tertiary/aromatic N) is 2. The molecule has 1 saturated heterocycles. The number of hydrogen-bond acceptors (Lipinski definition) is 7.